The Hall–Kier alpha value is -3.90. The first-order valence-corrected chi connectivity index (χ1v) is 11.2. The zero-order chi connectivity index (χ0) is 22.8. The van der Waals surface area contributed by atoms with E-state index in [-0.39, 0.29) is 5.57 Å². The molecule has 0 radical (unpaired) electrons. The second-order valence-corrected chi connectivity index (χ2v) is 8.50. The summed E-state index contributed by atoms with van der Waals surface area (Å²) in [4.78, 5) is 25.9. The van der Waals surface area contributed by atoms with E-state index in [0.29, 0.717) is 23.6 Å². The fourth-order valence-electron chi connectivity index (χ4n) is 3.75. The topological polar surface area (TPSA) is 58.6 Å². The molecule has 33 heavy (non-hydrogen) atoms. The lowest BCUT2D eigenvalue weighted by Crippen LogP contribution is -2.35. The zero-order valence-corrected chi connectivity index (χ0v) is 19.1. The number of rotatable bonds is 5. The molecule has 0 spiro atoms. The number of nitrogens with zero attached hydrogens (tertiary/aromatic N) is 1. The van der Waals surface area contributed by atoms with Crippen molar-refractivity contribution in [3.8, 4) is 5.75 Å². The first kappa shape index (κ1) is 21.0. The van der Waals surface area contributed by atoms with E-state index in [4.69, 9.17) is 4.74 Å². The Balaban J connectivity index is 1.54. The van der Waals surface area contributed by atoms with Crippen LogP contribution in [0.5, 0.6) is 5.75 Å². The molecule has 1 saturated heterocycles. The lowest BCUT2D eigenvalue weighted by molar-refractivity contribution is -0.117. The first-order chi connectivity index (χ1) is 16.1. The summed E-state index contributed by atoms with van der Waals surface area (Å²) in [7, 11) is 0. The minimum absolute atomic E-state index is 0.0590. The van der Waals surface area contributed by atoms with E-state index in [1.165, 1.54) is 5.01 Å². The smallest absolute Gasteiger partial charge is 0.282 e. The number of nitrogens with one attached hydrogen (secondary N) is 1. The molecule has 4 aromatic carbocycles. The Kier molecular flexibility index (Phi) is 5.67. The molecule has 0 aromatic heterocycles. The van der Waals surface area contributed by atoms with Crippen molar-refractivity contribution in [1.82, 2.24) is 5.43 Å². The largest absolute Gasteiger partial charge is 0.488 e. The number of amides is 2. The third-order valence-corrected chi connectivity index (χ3v) is 5.96. The second kappa shape index (κ2) is 8.92. The van der Waals surface area contributed by atoms with E-state index in [9.17, 15) is 9.59 Å². The highest BCUT2D eigenvalue weighted by Gasteiger charge is 2.34. The van der Waals surface area contributed by atoms with Gasteiger partial charge in [0.1, 0.15) is 17.9 Å². The van der Waals surface area contributed by atoms with E-state index < -0.39 is 11.8 Å². The van der Waals surface area contributed by atoms with E-state index >= 15 is 0 Å². The molecule has 2 amide bonds. The number of carbonyl (C=O) groups is 2. The molecule has 5 rings (SSSR count). The molecule has 6 heteroatoms. The number of para-hydroxylation sites is 1. The highest BCUT2D eigenvalue weighted by molar-refractivity contribution is 9.10. The molecule has 1 aliphatic rings. The van der Waals surface area contributed by atoms with Crippen LogP contribution in [0.15, 0.2) is 101 Å². The maximum Gasteiger partial charge on any atom is 0.282 e. The average Bonchev–Trinajstić information content (AvgIpc) is 3.13. The van der Waals surface area contributed by atoms with Crippen LogP contribution < -0.4 is 15.2 Å². The van der Waals surface area contributed by atoms with Crippen LogP contribution in [0.2, 0.25) is 0 Å². The van der Waals surface area contributed by atoms with Gasteiger partial charge in [-0.1, -0.05) is 76.6 Å². The zero-order valence-electron chi connectivity index (χ0n) is 17.5. The van der Waals surface area contributed by atoms with Gasteiger partial charge >= 0.3 is 0 Å². The number of anilines is 1. The molecule has 0 atom stereocenters. The summed E-state index contributed by atoms with van der Waals surface area (Å²) in [5.74, 6) is -0.253. The van der Waals surface area contributed by atoms with Gasteiger partial charge in [-0.25, -0.2) is 5.01 Å². The highest BCUT2D eigenvalue weighted by Crippen LogP contribution is 2.32. The Morgan fingerprint density at radius 1 is 0.848 bits per heavy atom. The molecule has 0 bridgehead atoms. The number of hydrogen-bond acceptors (Lipinski definition) is 3. The molecule has 0 aliphatic carbocycles. The fourth-order valence-corrected chi connectivity index (χ4v) is 4.02. The van der Waals surface area contributed by atoms with Crippen molar-refractivity contribution in [3.63, 3.8) is 0 Å². The third kappa shape index (κ3) is 4.25. The van der Waals surface area contributed by atoms with Gasteiger partial charge in [0, 0.05) is 10.0 Å². The summed E-state index contributed by atoms with van der Waals surface area (Å²) in [6.07, 6.45) is 1.62. The van der Waals surface area contributed by atoms with Crippen molar-refractivity contribution in [2.75, 3.05) is 5.01 Å². The van der Waals surface area contributed by atoms with Crippen molar-refractivity contribution < 1.29 is 14.3 Å². The highest BCUT2D eigenvalue weighted by atomic mass is 79.9. The number of fused-ring (bicyclic) bond motifs is 1. The van der Waals surface area contributed by atoms with Gasteiger partial charge in [-0.2, -0.15) is 0 Å². The third-order valence-electron chi connectivity index (χ3n) is 5.43. The number of ether oxygens (including phenoxy) is 1. The van der Waals surface area contributed by atoms with Gasteiger partial charge in [0.05, 0.1) is 5.69 Å². The number of benzene rings is 4. The molecule has 1 N–H and O–H groups in total. The van der Waals surface area contributed by atoms with E-state index in [1.54, 1.807) is 18.2 Å². The second-order valence-electron chi connectivity index (χ2n) is 7.59. The minimum atomic E-state index is -0.448. The number of hydrazine groups is 1. The molecule has 5 nitrogen and oxygen atoms in total. The summed E-state index contributed by atoms with van der Waals surface area (Å²) in [6, 6.07) is 28.6. The first-order valence-electron chi connectivity index (χ1n) is 10.4. The standard InChI is InChI=1S/C27H19BrN2O3/c28-20-13-10-18(11-14-20)17-33-25-15-12-19-6-4-5-9-22(19)23(25)16-24-26(31)29-30(27(24)32)21-7-2-1-3-8-21/h1-16H,17H2,(H,29,31). The molecule has 0 unspecified atom stereocenters. The van der Waals surface area contributed by atoms with Crippen LogP contribution in [0.1, 0.15) is 11.1 Å². The van der Waals surface area contributed by atoms with Crippen LogP contribution >= 0.6 is 15.9 Å². The van der Waals surface area contributed by atoms with E-state index in [0.717, 1.165) is 20.8 Å². The molecule has 0 saturated carbocycles. The minimum Gasteiger partial charge on any atom is -0.488 e. The Morgan fingerprint density at radius 2 is 1.58 bits per heavy atom. The van der Waals surface area contributed by atoms with Gasteiger partial charge in [0.15, 0.2) is 0 Å². The van der Waals surface area contributed by atoms with Crippen LogP contribution in [-0.4, -0.2) is 11.8 Å². The summed E-state index contributed by atoms with van der Waals surface area (Å²) >= 11 is 3.44. The molecule has 1 fully saturated rings. The SMILES string of the molecule is O=C1NN(c2ccccc2)C(=O)C1=Cc1c(OCc2ccc(Br)cc2)ccc2ccccc12. The van der Waals surface area contributed by atoms with Crippen LogP contribution in [0.3, 0.4) is 0 Å². The molecular formula is C27H19BrN2O3. The van der Waals surface area contributed by atoms with Crippen LogP contribution in [0, 0.1) is 0 Å². The Morgan fingerprint density at radius 3 is 2.36 bits per heavy atom. The van der Waals surface area contributed by atoms with Gasteiger partial charge in [-0.05, 0) is 52.7 Å². The van der Waals surface area contributed by atoms with Crippen molar-refractivity contribution in [2.24, 2.45) is 0 Å². The quantitative estimate of drug-likeness (QED) is 0.286. The van der Waals surface area contributed by atoms with Crippen molar-refractivity contribution in [1.29, 1.82) is 0 Å². The van der Waals surface area contributed by atoms with E-state index in [2.05, 4.69) is 21.4 Å². The number of hydrogen-bond donors (Lipinski definition) is 1. The summed E-state index contributed by atoms with van der Waals surface area (Å²) < 4.78 is 7.14. The average molecular weight is 499 g/mol. The predicted molar refractivity (Wildman–Crippen MR) is 132 cm³/mol. The lowest BCUT2D eigenvalue weighted by Gasteiger charge is -2.14. The number of halogens is 1. The maximum absolute atomic E-state index is 13.1. The Bertz CT molecular complexity index is 1380. The van der Waals surface area contributed by atoms with Gasteiger partial charge < -0.3 is 4.74 Å². The van der Waals surface area contributed by atoms with Crippen LogP contribution in [0.25, 0.3) is 16.8 Å². The molecule has 1 heterocycles. The number of carbonyl (C=O) groups excluding carboxylic acids is 2. The normalized spacial score (nSPS) is 14.7. The lowest BCUT2D eigenvalue weighted by atomic mass is 10.0. The monoisotopic (exact) mass is 498 g/mol. The summed E-state index contributed by atoms with van der Waals surface area (Å²) in [6.45, 7) is 0.359. The van der Waals surface area contributed by atoms with Crippen LogP contribution in [-0.2, 0) is 16.2 Å². The molecule has 1 aliphatic heterocycles. The Labute approximate surface area is 199 Å². The molecule has 4 aromatic rings. The van der Waals surface area contributed by atoms with Crippen molar-refractivity contribution >= 4 is 50.3 Å². The fraction of sp³-hybridized carbons (Fsp3) is 0.0370. The van der Waals surface area contributed by atoms with Crippen LogP contribution in [0.4, 0.5) is 5.69 Å². The van der Waals surface area contributed by atoms with Gasteiger partial charge in [-0.3, -0.25) is 15.0 Å². The molecule has 162 valence electrons. The van der Waals surface area contributed by atoms with Gasteiger partial charge in [0.25, 0.3) is 11.8 Å². The maximum atomic E-state index is 13.1. The summed E-state index contributed by atoms with van der Waals surface area (Å²) in [5.41, 5.74) is 5.01. The van der Waals surface area contributed by atoms with Gasteiger partial charge in [0.2, 0.25) is 0 Å². The van der Waals surface area contributed by atoms with Gasteiger partial charge in [-0.15, -0.1) is 0 Å². The summed E-state index contributed by atoms with van der Waals surface area (Å²) in [5, 5.41) is 3.16. The predicted octanol–water partition coefficient (Wildman–Crippen LogP) is 5.64. The van der Waals surface area contributed by atoms with Crippen molar-refractivity contribution in [3.05, 3.63) is 112 Å². The van der Waals surface area contributed by atoms with Crippen molar-refractivity contribution in [2.45, 2.75) is 6.61 Å². The molecular weight excluding hydrogens is 480 g/mol. The van der Waals surface area contributed by atoms with E-state index in [1.807, 2.05) is 78.9 Å².